The molecule has 0 aliphatic heterocycles. The molecule has 27 heavy (non-hydrogen) atoms. The average Bonchev–Trinajstić information content (AvgIpc) is 2.65. The van der Waals surface area contributed by atoms with Gasteiger partial charge in [0.15, 0.2) is 13.2 Å². The van der Waals surface area contributed by atoms with Gasteiger partial charge in [0.25, 0.3) is 5.91 Å². The number of carbonyl (C=O) groups excluding carboxylic acids is 2. The third kappa shape index (κ3) is 6.77. The predicted molar refractivity (Wildman–Crippen MR) is 106 cm³/mol. The second kappa shape index (κ2) is 9.21. The molecule has 0 aromatic heterocycles. The van der Waals surface area contributed by atoms with E-state index in [4.69, 9.17) is 9.47 Å². The molecule has 0 spiro atoms. The van der Waals surface area contributed by atoms with Crippen LogP contribution in [0.2, 0.25) is 0 Å². The van der Waals surface area contributed by atoms with E-state index in [0.717, 1.165) is 6.42 Å². The van der Waals surface area contributed by atoms with Crippen molar-refractivity contribution in [2.24, 2.45) is 0 Å². The van der Waals surface area contributed by atoms with Crippen molar-refractivity contribution in [2.45, 2.75) is 39.5 Å². The maximum absolute atomic E-state index is 11.8. The van der Waals surface area contributed by atoms with Gasteiger partial charge in [0, 0.05) is 5.69 Å². The first kappa shape index (κ1) is 20.5. The Balaban J connectivity index is 1.73. The van der Waals surface area contributed by atoms with Gasteiger partial charge in [0.2, 0.25) is 0 Å². The molecule has 2 aromatic rings. The Morgan fingerprint density at radius 3 is 2.11 bits per heavy atom. The van der Waals surface area contributed by atoms with Crippen LogP contribution in [0, 0.1) is 0 Å². The second-order valence-electron chi connectivity index (χ2n) is 7.32. The lowest BCUT2D eigenvalue weighted by molar-refractivity contribution is -0.149. The number of hydrogen-bond acceptors (Lipinski definition) is 4. The Morgan fingerprint density at radius 1 is 0.926 bits per heavy atom. The molecule has 5 heteroatoms. The second-order valence-corrected chi connectivity index (χ2v) is 7.32. The molecule has 0 radical (unpaired) electrons. The van der Waals surface area contributed by atoms with Crippen LogP contribution < -0.4 is 10.1 Å². The highest BCUT2D eigenvalue weighted by molar-refractivity contribution is 5.92. The number of esters is 1. The van der Waals surface area contributed by atoms with E-state index in [1.165, 1.54) is 11.1 Å². The van der Waals surface area contributed by atoms with Gasteiger partial charge < -0.3 is 14.8 Å². The minimum Gasteiger partial charge on any atom is -0.482 e. The van der Waals surface area contributed by atoms with Crippen molar-refractivity contribution < 1.29 is 19.1 Å². The molecule has 1 amide bonds. The Bertz CT molecular complexity index is 758. The van der Waals surface area contributed by atoms with Gasteiger partial charge in [-0.3, -0.25) is 4.79 Å². The SMILES string of the molecule is CCc1ccc(NC(=O)COC(=O)COc2ccc(C(C)(C)C)cc2)cc1. The third-order valence-electron chi connectivity index (χ3n) is 4.09. The fourth-order valence-electron chi connectivity index (χ4n) is 2.40. The molecule has 2 aromatic carbocycles. The van der Waals surface area contributed by atoms with E-state index in [0.29, 0.717) is 11.4 Å². The smallest absolute Gasteiger partial charge is 0.344 e. The molecule has 2 rings (SSSR count). The molecule has 0 fully saturated rings. The van der Waals surface area contributed by atoms with E-state index in [2.05, 4.69) is 33.0 Å². The third-order valence-corrected chi connectivity index (χ3v) is 4.09. The van der Waals surface area contributed by atoms with Gasteiger partial charge in [-0.05, 0) is 47.2 Å². The number of benzene rings is 2. The Morgan fingerprint density at radius 2 is 1.56 bits per heavy atom. The zero-order valence-corrected chi connectivity index (χ0v) is 16.4. The lowest BCUT2D eigenvalue weighted by Gasteiger charge is -2.19. The number of anilines is 1. The molecule has 0 aliphatic rings. The summed E-state index contributed by atoms with van der Waals surface area (Å²) in [5.41, 5.74) is 3.10. The highest BCUT2D eigenvalue weighted by Crippen LogP contribution is 2.24. The number of ether oxygens (including phenoxy) is 2. The van der Waals surface area contributed by atoms with Gasteiger partial charge in [-0.2, -0.15) is 0 Å². The van der Waals surface area contributed by atoms with Gasteiger partial charge in [-0.15, -0.1) is 0 Å². The summed E-state index contributed by atoms with van der Waals surface area (Å²) in [6.07, 6.45) is 0.935. The molecule has 0 unspecified atom stereocenters. The quantitative estimate of drug-likeness (QED) is 0.746. The van der Waals surface area contributed by atoms with Crippen LogP contribution in [-0.4, -0.2) is 25.1 Å². The molecular weight excluding hydrogens is 342 g/mol. The fourth-order valence-corrected chi connectivity index (χ4v) is 2.40. The first-order valence-electron chi connectivity index (χ1n) is 9.05. The van der Waals surface area contributed by atoms with Crippen LogP contribution in [-0.2, 0) is 26.2 Å². The lowest BCUT2D eigenvalue weighted by Crippen LogP contribution is -2.23. The zero-order valence-electron chi connectivity index (χ0n) is 16.4. The Hall–Kier alpha value is -2.82. The normalized spacial score (nSPS) is 11.0. The maximum Gasteiger partial charge on any atom is 0.344 e. The highest BCUT2D eigenvalue weighted by atomic mass is 16.6. The molecule has 144 valence electrons. The number of amides is 1. The van der Waals surface area contributed by atoms with Crippen molar-refractivity contribution in [2.75, 3.05) is 18.5 Å². The fraction of sp³-hybridized carbons (Fsp3) is 0.364. The van der Waals surface area contributed by atoms with Gasteiger partial charge in [0.05, 0.1) is 0 Å². The van der Waals surface area contributed by atoms with Crippen LogP contribution in [0.3, 0.4) is 0 Å². The monoisotopic (exact) mass is 369 g/mol. The van der Waals surface area contributed by atoms with Crippen molar-refractivity contribution >= 4 is 17.6 Å². The van der Waals surface area contributed by atoms with E-state index in [1.54, 1.807) is 0 Å². The van der Waals surface area contributed by atoms with E-state index < -0.39 is 5.97 Å². The van der Waals surface area contributed by atoms with Gasteiger partial charge in [-0.25, -0.2) is 4.79 Å². The minimum absolute atomic E-state index is 0.0572. The minimum atomic E-state index is -0.591. The first-order valence-corrected chi connectivity index (χ1v) is 9.05. The van der Waals surface area contributed by atoms with Gasteiger partial charge >= 0.3 is 5.97 Å². The standard InChI is InChI=1S/C22H27NO4/c1-5-16-6-10-18(11-7-16)23-20(24)14-27-21(25)15-26-19-12-8-17(9-13-19)22(2,3)4/h6-13H,5,14-15H2,1-4H3,(H,23,24). The first-order chi connectivity index (χ1) is 12.8. The summed E-state index contributed by atoms with van der Waals surface area (Å²) < 4.78 is 10.3. The van der Waals surface area contributed by atoms with Crippen LogP contribution >= 0.6 is 0 Å². The molecule has 1 N–H and O–H groups in total. The number of hydrogen-bond donors (Lipinski definition) is 1. The predicted octanol–water partition coefficient (Wildman–Crippen LogP) is 4.11. The zero-order chi connectivity index (χ0) is 19.9. The van der Waals surface area contributed by atoms with Crippen molar-refractivity contribution in [3.63, 3.8) is 0 Å². The van der Waals surface area contributed by atoms with Crippen molar-refractivity contribution in [1.29, 1.82) is 0 Å². The van der Waals surface area contributed by atoms with Gasteiger partial charge in [0.1, 0.15) is 5.75 Å². The Labute approximate surface area is 160 Å². The summed E-state index contributed by atoms with van der Waals surface area (Å²) in [6, 6.07) is 15.1. The van der Waals surface area contributed by atoms with Crippen LogP contribution in [0.5, 0.6) is 5.75 Å². The van der Waals surface area contributed by atoms with Crippen LogP contribution in [0.4, 0.5) is 5.69 Å². The van der Waals surface area contributed by atoms with E-state index in [-0.39, 0.29) is 24.5 Å². The molecular formula is C22H27NO4. The summed E-state index contributed by atoms with van der Waals surface area (Å²) in [5.74, 6) is -0.395. The molecule has 0 saturated heterocycles. The number of carbonyl (C=O) groups is 2. The number of rotatable bonds is 7. The van der Waals surface area contributed by atoms with E-state index in [1.807, 2.05) is 48.5 Å². The molecule has 0 aliphatic carbocycles. The summed E-state index contributed by atoms with van der Waals surface area (Å²) in [5, 5.41) is 2.69. The van der Waals surface area contributed by atoms with Crippen LogP contribution in [0.15, 0.2) is 48.5 Å². The number of aryl methyl sites for hydroxylation is 1. The van der Waals surface area contributed by atoms with Crippen molar-refractivity contribution in [3.05, 3.63) is 59.7 Å². The average molecular weight is 369 g/mol. The maximum atomic E-state index is 11.8. The van der Waals surface area contributed by atoms with Gasteiger partial charge in [-0.1, -0.05) is 52.0 Å². The Kier molecular flexibility index (Phi) is 6.99. The van der Waals surface area contributed by atoms with Crippen molar-refractivity contribution in [3.8, 4) is 5.75 Å². The molecule has 5 nitrogen and oxygen atoms in total. The molecule has 0 bridgehead atoms. The highest BCUT2D eigenvalue weighted by Gasteiger charge is 2.13. The molecule has 0 heterocycles. The lowest BCUT2D eigenvalue weighted by atomic mass is 9.87. The summed E-state index contributed by atoms with van der Waals surface area (Å²) >= 11 is 0. The topological polar surface area (TPSA) is 64.6 Å². The summed E-state index contributed by atoms with van der Waals surface area (Å²) in [4.78, 5) is 23.6. The largest absolute Gasteiger partial charge is 0.482 e. The summed E-state index contributed by atoms with van der Waals surface area (Å²) in [7, 11) is 0. The van der Waals surface area contributed by atoms with Crippen molar-refractivity contribution in [1.82, 2.24) is 0 Å². The number of nitrogens with one attached hydrogen (secondary N) is 1. The molecule has 0 atom stereocenters. The van der Waals surface area contributed by atoms with Crippen LogP contribution in [0.1, 0.15) is 38.8 Å². The van der Waals surface area contributed by atoms with Crippen LogP contribution in [0.25, 0.3) is 0 Å². The molecule has 0 saturated carbocycles. The summed E-state index contributed by atoms with van der Waals surface area (Å²) in [6.45, 7) is 7.86. The van der Waals surface area contributed by atoms with E-state index >= 15 is 0 Å². The van der Waals surface area contributed by atoms with E-state index in [9.17, 15) is 9.59 Å².